The van der Waals surface area contributed by atoms with Crippen molar-refractivity contribution in [2.75, 3.05) is 5.48 Å². The molecule has 0 aliphatic carbocycles. The minimum absolute atomic E-state index is 0.00335. The summed E-state index contributed by atoms with van der Waals surface area (Å²) in [5.41, 5.74) is 2.83. The lowest BCUT2D eigenvalue weighted by Gasteiger charge is -2.06. The second kappa shape index (κ2) is 9.13. The zero-order valence-electron chi connectivity index (χ0n) is 15.6. The number of nitro benzene ring substituents is 1. The Morgan fingerprint density at radius 1 is 0.935 bits per heavy atom. The van der Waals surface area contributed by atoms with Gasteiger partial charge in [-0.2, -0.15) is 0 Å². The van der Waals surface area contributed by atoms with Crippen molar-refractivity contribution in [3.63, 3.8) is 0 Å². The van der Waals surface area contributed by atoms with E-state index in [1.165, 1.54) is 42.5 Å². The number of hydrogen-bond donors (Lipinski definition) is 3. The van der Waals surface area contributed by atoms with Crippen LogP contribution in [0, 0.1) is 10.1 Å². The van der Waals surface area contributed by atoms with Gasteiger partial charge in [0, 0.05) is 18.2 Å². The Morgan fingerprint density at radius 2 is 1.61 bits per heavy atom. The Bertz CT molecular complexity index is 1160. The molecule has 3 aromatic rings. The van der Waals surface area contributed by atoms with Crippen LogP contribution in [0.25, 0.3) is 0 Å². The fraction of sp³-hybridized carbons (Fsp3) is 0. The van der Waals surface area contributed by atoms with Crippen molar-refractivity contribution in [3.05, 3.63) is 88.0 Å². The van der Waals surface area contributed by atoms with Gasteiger partial charge in [-0.3, -0.25) is 14.9 Å². The summed E-state index contributed by atoms with van der Waals surface area (Å²) in [5.74, 6) is -2.14. The molecule has 0 bridgehead atoms. The van der Waals surface area contributed by atoms with E-state index in [0.29, 0.717) is 11.4 Å². The van der Waals surface area contributed by atoms with Crippen LogP contribution >= 0.6 is 0 Å². The molecule has 0 fully saturated rings. The molecule has 11 nitrogen and oxygen atoms in total. The summed E-state index contributed by atoms with van der Waals surface area (Å²) in [5, 5.41) is 36.9. The average molecular weight is 422 g/mol. The molecule has 0 atom stereocenters. The van der Waals surface area contributed by atoms with Gasteiger partial charge in [0.25, 0.3) is 11.6 Å². The fourth-order valence-electron chi connectivity index (χ4n) is 2.39. The third kappa shape index (κ3) is 5.60. The fourth-order valence-corrected chi connectivity index (χ4v) is 2.39. The van der Waals surface area contributed by atoms with E-state index in [-0.39, 0.29) is 28.3 Å². The number of azo groups is 1. The number of nitrogens with zero attached hydrogens (tertiary/aromatic N) is 3. The van der Waals surface area contributed by atoms with Crippen molar-refractivity contribution in [2.24, 2.45) is 10.2 Å². The number of carbonyl (C=O) groups is 2. The highest BCUT2D eigenvalue weighted by Crippen LogP contribution is 2.22. The molecular formula is C20H14N4O7. The number of rotatable bonds is 6. The molecule has 0 radical (unpaired) electrons. The first-order valence-electron chi connectivity index (χ1n) is 8.62. The monoisotopic (exact) mass is 422 g/mol. The number of aromatic hydroxyl groups is 2. The van der Waals surface area contributed by atoms with Crippen LogP contribution in [-0.2, 0) is 4.84 Å². The van der Waals surface area contributed by atoms with Gasteiger partial charge in [0.15, 0.2) is 0 Å². The molecule has 0 aliphatic heterocycles. The van der Waals surface area contributed by atoms with E-state index >= 15 is 0 Å². The molecule has 3 aromatic carbocycles. The minimum atomic E-state index is -0.813. The highest BCUT2D eigenvalue weighted by atomic mass is 16.7. The molecule has 0 saturated carbocycles. The van der Waals surface area contributed by atoms with Crippen LogP contribution in [0.4, 0.5) is 17.1 Å². The number of phenolic OH excluding ortho intramolecular Hbond substituents is 2. The molecular weight excluding hydrogens is 408 g/mol. The maximum atomic E-state index is 12.0. The van der Waals surface area contributed by atoms with Crippen molar-refractivity contribution in [1.29, 1.82) is 0 Å². The van der Waals surface area contributed by atoms with Gasteiger partial charge in [-0.25, -0.2) is 10.3 Å². The number of non-ortho nitro benzene ring substituents is 1. The summed E-state index contributed by atoms with van der Waals surface area (Å²) in [4.78, 5) is 39.0. The summed E-state index contributed by atoms with van der Waals surface area (Å²) in [6, 6.07) is 14.4. The summed E-state index contributed by atoms with van der Waals surface area (Å²) in [6.45, 7) is 0. The number of amides is 1. The number of carbonyl (C=O) groups excluding carboxylic acids is 2. The van der Waals surface area contributed by atoms with Crippen molar-refractivity contribution >= 4 is 28.9 Å². The Balaban J connectivity index is 1.59. The van der Waals surface area contributed by atoms with E-state index in [2.05, 4.69) is 15.7 Å². The average Bonchev–Trinajstić information content (AvgIpc) is 2.76. The highest BCUT2D eigenvalue weighted by Gasteiger charge is 2.13. The van der Waals surface area contributed by atoms with Crippen molar-refractivity contribution in [1.82, 2.24) is 0 Å². The second-order valence-electron chi connectivity index (χ2n) is 6.09. The summed E-state index contributed by atoms with van der Waals surface area (Å²) in [6.07, 6.45) is 0. The summed E-state index contributed by atoms with van der Waals surface area (Å²) in [7, 11) is 0. The molecule has 0 unspecified atom stereocenters. The van der Waals surface area contributed by atoms with Crippen LogP contribution in [0.1, 0.15) is 20.7 Å². The molecule has 0 heterocycles. The maximum absolute atomic E-state index is 12.0. The lowest BCUT2D eigenvalue weighted by atomic mass is 10.2. The van der Waals surface area contributed by atoms with Gasteiger partial charge in [0.1, 0.15) is 11.5 Å². The lowest BCUT2D eigenvalue weighted by molar-refractivity contribution is -0.384. The van der Waals surface area contributed by atoms with Crippen LogP contribution in [0.5, 0.6) is 11.5 Å². The molecule has 0 spiro atoms. The third-order valence-electron chi connectivity index (χ3n) is 3.83. The highest BCUT2D eigenvalue weighted by molar-refractivity contribution is 5.95. The number of benzene rings is 3. The van der Waals surface area contributed by atoms with Gasteiger partial charge in [-0.1, -0.05) is 6.07 Å². The quantitative estimate of drug-likeness (QED) is 0.303. The van der Waals surface area contributed by atoms with Gasteiger partial charge >= 0.3 is 5.97 Å². The first kappa shape index (κ1) is 20.9. The van der Waals surface area contributed by atoms with E-state index in [0.717, 1.165) is 24.3 Å². The first-order chi connectivity index (χ1) is 14.8. The van der Waals surface area contributed by atoms with E-state index in [4.69, 9.17) is 4.84 Å². The van der Waals surface area contributed by atoms with Gasteiger partial charge in [-0.15, -0.1) is 10.2 Å². The number of hydrogen-bond acceptors (Lipinski definition) is 9. The topological polar surface area (TPSA) is 164 Å². The molecule has 3 N–H and O–H groups in total. The Hall–Kier alpha value is -4.80. The summed E-state index contributed by atoms with van der Waals surface area (Å²) < 4.78 is 0. The van der Waals surface area contributed by atoms with E-state index in [9.17, 15) is 29.9 Å². The standard InChI is InChI=1S/C20H14N4O7/c25-17-9-13(10-18(26)11-17)19(27)22-21-14-4-6-15(7-5-14)23-31-20(28)12-2-1-3-16(8-12)24(29)30/h1-11,23,25-26H. The first-order valence-corrected chi connectivity index (χ1v) is 8.62. The van der Waals surface area contributed by atoms with Crippen LogP contribution in [0.2, 0.25) is 0 Å². The predicted octanol–water partition coefficient (Wildman–Crippen LogP) is 4.11. The summed E-state index contributed by atoms with van der Waals surface area (Å²) >= 11 is 0. The van der Waals surface area contributed by atoms with Crippen LogP contribution in [0.3, 0.4) is 0 Å². The van der Waals surface area contributed by atoms with Gasteiger partial charge in [-0.05, 0) is 42.5 Å². The molecule has 0 aliphatic rings. The van der Waals surface area contributed by atoms with E-state index < -0.39 is 16.8 Å². The molecule has 3 rings (SSSR count). The van der Waals surface area contributed by atoms with Crippen molar-refractivity contribution in [2.45, 2.75) is 0 Å². The van der Waals surface area contributed by atoms with Gasteiger partial charge < -0.3 is 15.1 Å². The zero-order valence-corrected chi connectivity index (χ0v) is 15.6. The van der Waals surface area contributed by atoms with Gasteiger partial charge in [0.05, 0.1) is 27.4 Å². The smallest absolute Gasteiger partial charge is 0.363 e. The van der Waals surface area contributed by atoms with Crippen LogP contribution < -0.4 is 5.48 Å². The van der Waals surface area contributed by atoms with E-state index in [1.807, 2.05) is 0 Å². The Morgan fingerprint density at radius 3 is 2.26 bits per heavy atom. The molecule has 1 amide bonds. The maximum Gasteiger partial charge on any atom is 0.363 e. The van der Waals surface area contributed by atoms with Crippen LogP contribution in [-0.4, -0.2) is 27.0 Å². The third-order valence-corrected chi connectivity index (χ3v) is 3.83. The molecule has 0 saturated heterocycles. The SMILES string of the molecule is O=C(N=Nc1ccc(NOC(=O)c2cccc([N+](=O)[O-])c2)cc1)c1cc(O)cc(O)c1. The normalized spacial score (nSPS) is 10.6. The Labute approximate surface area is 174 Å². The predicted molar refractivity (Wildman–Crippen MR) is 107 cm³/mol. The van der Waals surface area contributed by atoms with Crippen molar-refractivity contribution < 1.29 is 29.6 Å². The lowest BCUT2D eigenvalue weighted by Crippen LogP contribution is -2.10. The Kier molecular flexibility index (Phi) is 6.16. The molecule has 156 valence electrons. The molecule has 11 heteroatoms. The van der Waals surface area contributed by atoms with Gasteiger partial charge in [0.2, 0.25) is 0 Å². The second-order valence-corrected chi connectivity index (χ2v) is 6.09. The van der Waals surface area contributed by atoms with E-state index in [1.54, 1.807) is 0 Å². The molecule has 0 aromatic heterocycles. The molecule has 31 heavy (non-hydrogen) atoms. The van der Waals surface area contributed by atoms with Crippen LogP contribution in [0.15, 0.2) is 77.0 Å². The number of nitrogens with one attached hydrogen (secondary N) is 1. The number of nitro groups is 1. The zero-order chi connectivity index (χ0) is 22.4. The largest absolute Gasteiger partial charge is 0.508 e. The number of phenols is 2. The number of anilines is 1. The van der Waals surface area contributed by atoms with Crippen molar-refractivity contribution in [3.8, 4) is 11.5 Å². The minimum Gasteiger partial charge on any atom is -0.508 e.